The minimum atomic E-state index is -0.222. The molecule has 2 nitrogen and oxygen atoms in total. The number of rotatable bonds is 4. The van der Waals surface area contributed by atoms with Crippen molar-refractivity contribution in [3.05, 3.63) is 48.0 Å². The minimum Gasteiger partial charge on any atom is -0.460 e. The first-order valence-electron chi connectivity index (χ1n) is 7.89. The van der Waals surface area contributed by atoms with E-state index in [9.17, 15) is 4.39 Å². The van der Waals surface area contributed by atoms with Gasteiger partial charge in [0.15, 0.2) is 0 Å². The second kappa shape index (κ2) is 8.35. The van der Waals surface area contributed by atoms with E-state index in [1.165, 1.54) is 50.7 Å². The van der Waals surface area contributed by atoms with E-state index in [0.717, 1.165) is 23.6 Å². The van der Waals surface area contributed by atoms with Gasteiger partial charge < -0.3 is 9.73 Å². The zero-order chi connectivity index (χ0) is 14.5. The van der Waals surface area contributed by atoms with Crippen molar-refractivity contribution < 1.29 is 8.81 Å². The summed E-state index contributed by atoms with van der Waals surface area (Å²) in [4.78, 5) is 0. The monoisotopic (exact) mass is 323 g/mol. The second-order valence-corrected chi connectivity index (χ2v) is 5.84. The van der Waals surface area contributed by atoms with Gasteiger partial charge in [0.2, 0.25) is 0 Å². The third-order valence-corrected chi connectivity index (χ3v) is 4.21. The maximum atomic E-state index is 12.9. The number of furan rings is 1. The lowest BCUT2D eigenvalue weighted by Crippen LogP contribution is -2.27. The van der Waals surface area contributed by atoms with E-state index < -0.39 is 0 Å². The molecular formula is C18H23ClFNO. The molecule has 1 fully saturated rings. The third-order valence-electron chi connectivity index (χ3n) is 4.21. The van der Waals surface area contributed by atoms with Gasteiger partial charge in [0.25, 0.3) is 0 Å². The van der Waals surface area contributed by atoms with Gasteiger partial charge in [-0.1, -0.05) is 25.7 Å². The Morgan fingerprint density at radius 2 is 1.64 bits per heavy atom. The van der Waals surface area contributed by atoms with Gasteiger partial charge >= 0.3 is 0 Å². The van der Waals surface area contributed by atoms with Crippen LogP contribution in [0.25, 0.3) is 11.3 Å². The van der Waals surface area contributed by atoms with E-state index in [4.69, 9.17) is 4.42 Å². The Morgan fingerprint density at radius 3 is 2.32 bits per heavy atom. The molecule has 4 heteroatoms. The van der Waals surface area contributed by atoms with Crippen molar-refractivity contribution in [3.63, 3.8) is 0 Å². The van der Waals surface area contributed by atoms with Gasteiger partial charge in [0, 0.05) is 11.6 Å². The molecule has 0 bridgehead atoms. The summed E-state index contributed by atoms with van der Waals surface area (Å²) in [7, 11) is 0. The van der Waals surface area contributed by atoms with Crippen LogP contribution in [0.1, 0.15) is 44.3 Å². The highest BCUT2D eigenvalue weighted by atomic mass is 35.5. The van der Waals surface area contributed by atoms with E-state index in [2.05, 4.69) is 5.32 Å². The molecule has 3 rings (SSSR count). The molecule has 1 aliphatic rings. The molecule has 2 aromatic rings. The molecule has 1 aromatic heterocycles. The molecule has 1 aliphatic carbocycles. The quantitative estimate of drug-likeness (QED) is 0.770. The molecule has 0 unspecified atom stereocenters. The Kier molecular flexibility index (Phi) is 6.47. The molecule has 0 spiro atoms. The largest absolute Gasteiger partial charge is 0.460 e. The number of nitrogens with one attached hydrogen (secondary N) is 1. The van der Waals surface area contributed by atoms with E-state index in [1.807, 2.05) is 12.1 Å². The summed E-state index contributed by atoms with van der Waals surface area (Å²) in [5.41, 5.74) is 0.914. The molecule has 0 saturated heterocycles. The normalized spacial score (nSPS) is 16.0. The number of hydrogen-bond acceptors (Lipinski definition) is 2. The van der Waals surface area contributed by atoms with Crippen molar-refractivity contribution in [2.24, 2.45) is 0 Å². The van der Waals surface area contributed by atoms with Gasteiger partial charge in [-0.05, 0) is 49.2 Å². The van der Waals surface area contributed by atoms with Crippen LogP contribution in [0.15, 0.2) is 40.8 Å². The highest BCUT2D eigenvalue weighted by Crippen LogP contribution is 2.23. The van der Waals surface area contributed by atoms with Gasteiger partial charge in [-0.3, -0.25) is 0 Å². The Hall–Kier alpha value is -1.32. The molecule has 0 radical (unpaired) electrons. The minimum absolute atomic E-state index is 0. The van der Waals surface area contributed by atoms with Crippen LogP contribution in [0, 0.1) is 5.82 Å². The van der Waals surface area contributed by atoms with Gasteiger partial charge in [0.1, 0.15) is 17.3 Å². The van der Waals surface area contributed by atoms with E-state index >= 15 is 0 Å². The van der Waals surface area contributed by atoms with Crippen LogP contribution in [0.5, 0.6) is 0 Å². The highest BCUT2D eigenvalue weighted by Gasteiger charge is 2.12. The number of halogens is 2. The van der Waals surface area contributed by atoms with E-state index in [-0.39, 0.29) is 18.2 Å². The van der Waals surface area contributed by atoms with E-state index in [0.29, 0.717) is 6.04 Å². The highest BCUT2D eigenvalue weighted by molar-refractivity contribution is 5.85. The molecule has 0 atom stereocenters. The van der Waals surface area contributed by atoms with Crippen LogP contribution in [0.2, 0.25) is 0 Å². The van der Waals surface area contributed by atoms with Crippen molar-refractivity contribution >= 4 is 12.4 Å². The molecular weight excluding hydrogens is 301 g/mol. The van der Waals surface area contributed by atoms with Crippen LogP contribution in [-0.2, 0) is 6.54 Å². The van der Waals surface area contributed by atoms with Gasteiger partial charge in [0.05, 0.1) is 6.54 Å². The summed E-state index contributed by atoms with van der Waals surface area (Å²) in [6, 6.07) is 11.0. The fourth-order valence-electron chi connectivity index (χ4n) is 2.97. The zero-order valence-corrected chi connectivity index (χ0v) is 13.5. The average molecular weight is 324 g/mol. The Morgan fingerprint density at radius 1 is 0.955 bits per heavy atom. The zero-order valence-electron chi connectivity index (χ0n) is 12.7. The molecule has 1 N–H and O–H groups in total. The Labute approximate surface area is 137 Å². The van der Waals surface area contributed by atoms with Crippen molar-refractivity contribution in [2.75, 3.05) is 0 Å². The SMILES string of the molecule is Cl.Fc1ccc(-c2ccc(CNC3CCCCCC3)o2)cc1. The smallest absolute Gasteiger partial charge is 0.134 e. The van der Waals surface area contributed by atoms with Crippen molar-refractivity contribution in [2.45, 2.75) is 51.1 Å². The predicted octanol–water partition coefficient (Wildman–Crippen LogP) is 5.32. The van der Waals surface area contributed by atoms with E-state index in [1.54, 1.807) is 12.1 Å². The van der Waals surface area contributed by atoms with Crippen LogP contribution in [0.3, 0.4) is 0 Å². The van der Waals surface area contributed by atoms with Crippen molar-refractivity contribution in [1.29, 1.82) is 0 Å². The van der Waals surface area contributed by atoms with Gasteiger partial charge in [-0.2, -0.15) is 0 Å². The summed E-state index contributed by atoms with van der Waals surface area (Å²) < 4.78 is 18.8. The maximum Gasteiger partial charge on any atom is 0.134 e. The summed E-state index contributed by atoms with van der Waals surface area (Å²) in [6.07, 6.45) is 7.94. The topological polar surface area (TPSA) is 25.2 Å². The lowest BCUT2D eigenvalue weighted by atomic mass is 10.1. The first-order chi connectivity index (χ1) is 10.3. The van der Waals surface area contributed by atoms with Crippen molar-refractivity contribution in [3.8, 4) is 11.3 Å². The van der Waals surface area contributed by atoms with Crippen LogP contribution < -0.4 is 5.32 Å². The van der Waals surface area contributed by atoms with Gasteiger partial charge in [-0.25, -0.2) is 4.39 Å². The summed E-state index contributed by atoms with van der Waals surface area (Å²) >= 11 is 0. The molecule has 1 aromatic carbocycles. The Bertz CT molecular complexity index is 559. The summed E-state index contributed by atoms with van der Waals surface area (Å²) in [5.74, 6) is 1.52. The second-order valence-electron chi connectivity index (χ2n) is 5.84. The summed E-state index contributed by atoms with van der Waals surface area (Å²) in [6.45, 7) is 0.770. The predicted molar refractivity (Wildman–Crippen MR) is 89.7 cm³/mol. The van der Waals surface area contributed by atoms with Crippen LogP contribution >= 0.6 is 12.4 Å². The fraction of sp³-hybridized carbons (Fsp3) is 0.444. The van der Waals surface area contributed by atoms with Crippen LogP contribution in [-0.4, -0.2) is 6.04 Å². The first kappa shape index (κ1) is 17.0. The molecule has 120 valence electrons. The summed E-state index contributed by atoms with van der Waals surface area (Å²) in [5, 5.41) is 3.60. The first-order valence-corrected chi connectivity index (χ1v) is 7.89. The molecule has 0 aliphatic heterocycles. The third kappa shape index (κ3) is 4.59. The molecule has 1 saturated carbocycles. The standard InChI is InChI=1S/C18H22FNO.ClH/c19-15-9-7-14(8-10-15)18-12-11-17(21-18)13-20-16-5-3-1-2-4-6-16;/h7-12,16,20H,1-6,13H2;1H. The van der Waals surface area contributed by atoms with Gasteiger partial charge in [-0.15, -0.1) is 12.4 Å². The Balaban J connectivity index is 0.00000176. The van der Waals surface area contributed by atoms with Crippen molar-refractivity contribution in [1.82, 2.24) is 5.32 Å². The number of benzene rings is 1. The average Bonchev–Trinajstić information content (AvgIpc) is 2.81. The molecule has 0 amide bonds. The fourth-order valence-corrected chi connectivity index (χ4v) is 2.97. The number of hydrogen-bond donors (Lipinski definition) is 1. The molecule has 22 heavy (non-hydrogen) atoms. The maximum absolute atomic E-state index is 12.9. The lowest BCUT2D eigenvalue weighted by Gasteiger charge is -2.14. The lowest BCUT2D eigenvalue weighted by molar-refractivity contribution is 0.420. The molecule has 1 heterocycles. The van der Waals surface area contributed by atoms with Crippen LogP contribution in [0.4, 0.5) is 4.39 Å².